The first-order valence-corrected chi connectivity index (χ1v) is 21.4. The average Bonchev–Trinajstić information content (AvgIpc) is 3.65. The van der Waals surface area contributed by atoms with Crippen molar-refractivity contribution in [2.45, 2.75) is 72.1 Å². The summed E-state index contributed by atoms with van der Waals surface area (Å²) in [5, 5.41) is 14.9. The standard InChI is InChI=1S/C57H53N3O/c1-36(2)40-31-41(33-42(32-40)51-44-24-16-15-23-39(44)29-30-58-51)45-25-18-28-50-52(45)59-55(48-34-43(56(3,4)5)35-49(54(48)61)57(6,7)8)60(50)53-46(37-19-11-9-12-20-37)26-17-27-47(53)38-21-13-10-14-22-38/h9-36,61H,1-8H3. The molecule has 7 aromatic carbocycles. The fourth-order valence-electron chi connectivity index (χ4n) is 8.66. The predicted octanol–water partition coefficient (Wildman–Crippen LogP) is 15.3. The van der Waals surface area contributed by atoms with Gasteiger partial charge in [-0.1, -0.05) is 183 Å². The largest absolute Gasteiger partial charge is 0.507 e. The number of imidazole rings is 1. The van der Waals surface area contributed by atoms with Gasteiger partial charge >= 0.3 is 0 Å². The Labute approximate surface area is 360 Å². The fourth-order valence-corrected chi connectivity index (χ4v) is 8.66. The lowest BCUT2D eigenvalue weighted by atomic mass is 9.79. The molecule has 1 N–H and O–H groups in total. The number of para-hydroxylation sites is 2. The summed E-state index contributed by atoms with van der Waals surface area (Å²) in [4.78, 5) is 10.7. The normalized spacial score (nSPS) is 12.1. The molecule has 0 saturated carbocycles. The number of phenols is 1. The smallest absolute Gasteiger partial charge is 0.149 e. The molecule has 0 saturated heterocycles. The first kappa shape index (κ1) is 39.7. The summed E-state index contributed by atoms with van der Waals surface area (Å²) in [6.45, 7) is 17.7. The summed E-state index contributed by atoms with van der Waals surface area (Å²) in [6, 6.07) is 56.1. The Morgan fingerprint density at radius 3 is 1.79 bits per heavy atom. The second-order valence-electron chi connectivity index (χ2n) is 18.7. The SMILES string of the molecule is CC(C)c1cc(-c2nccc3ccccc23)cc(-c2cccc3c2nc(-c2cc(C(C)(C)C)cc(C(C)(C)C)c2O)n3-c2c(-c3ccccc3)cccc2-c2ccccc2)c1. The van der Waals surface area contributed by atoms with E-state index in [2.05, 4.69) is 218 Å². The summed E-state index contributed by atoms with van der Waals surface area (Å²) >= 11 is 0. The lowest BCUT2D eigenvalue weighted by molar-refractivity contribution is 0.446. The molecule has 0 unspecified atom stereocenters. The van der Waals surface area contributed by atoms with Gasteiger partial charge in [0.15, 0.2) is 0 Å². The Hall–Kier alpha value is -6.78. The molecular weight excluding hydrogens is 743 g/mol. The highest BCUT2D eigenvalue weighted by Crippen LogP contribution is 2.47. The van der Waals surface area contributed by atoms with Gasteiger partial charge in [-0.2, -0.15) is 0 Å². The molecule has 0 aliphatic rings. The number of aromatic hydroxyl groups is 1. The van der Waals surface area contributed by atoms with E-state index < -0.39 is 0 Å². The third-order valence-electron chi connectivity index (χ3n) is 12.0. The molecule has 0 fully saturated rings. The Bertz CT molecular complexity index is 3010. The highest BCUT2D eigenvalue weighted by molar-refractivity contribution is 6.01. The van der Waals surface area contributed by atoms with Gasteiger partial charge in [0, 0.05) is 39.4 Å². The zero-order valence-electron chi connectivity index (χ0n) is 36.5. The van der Waals surface area contributed by atoms with Crippen molar-refractivity contribution in [1.82, 2.24) is 14.5 Å². The van der Waals surface area contributed by atoms with Crippen LogP contribution >= 0.6 is 0 Å². The molecule has 0 aliphatic carbocycles. The number of hydrogen-bond donors (Lipinski definition) is 1. The van der Waals surface area contributed by atoms with Crippen LogP contribution in [0, 0.1) is 0 Å². The van der Waals surface area contributed by atoms with Crippen LogP contribution in [0.15, 0.2) is 164 Å². The molecule has 4 nitrogen and oxygen atoms in total. The van der Waals surface area contributed by atoms with E-state index >= 15 is 0 Å². The van der Waals surface area contributed by atoms with Gasteiger partial charge in [-0.15, -0.1) is 0 Å². The van der Waals surface area contributed by atoms with Crippen LogP contribution in [-0.4, -0.2) is 19.6 Å². The van der Waals surface area contributed by atoms with Gasteiger partial charge in [0.25, 0.3) is 0 Å². The van der Waals surface area contributed by atoms with E-state index in [0.29, 0.717) is 11.4 Å². The van der Waals surface area contributed by atoms with E-state index in [1.807, 2.05) is 6.20 Å². The highest BCUT2D eigenvalue weighted by atomic mass is 16.3. The van der Waals surface area contributed by atoms with Crippen molar-refractivity contribution in [2.24, 2.45) is 0 Å². The lowest BCUT2D eigenvalue weighted by Crippen LogP contribution is -2.17. The third-order valence-corrected chi connectivity index (χ3v) is 12.0. The Kier molecular flexibility index (Phi) is 9.99. The fraction of sp³-hybridized carbons (Fsp3) is 0.193. The second-order valence-corrected chi connectivity index (χ2v) is 18.7. The van der Waals surface area contributed by atoms with Crippen molar-refractivity contribution in [2.75, 3.05) is 0 Å². The van der Waals surface area contributed by atoms with Gasteiger partial charge in [0.05, 0.1) is 28.0 Å². The lowest BCUT2D eigenvalue weighted by Gasteiger charge is -2.28. The van der Waals surface area contributed by atoms with E-state index in [1.165, 1.54) is 5.56 Å². The number of aromatic nitrogens is 3. The zero-order chi connectivity index (χ0) is 42.6. The topological polar surface area (TPSA) is 50.9 Å². The summed E-state index contributed by atoms with van der Waals surface area (Å²) < 4.78 is 2.32. The van der Waals surface area contributed by atoms with Crippen LogP contribution in [0.25, 0.3) is 83.5 Å². The molecule has 0 radical (unpaired) electrons. The Morgan fingerprint density at radius 1 is 0.541 bits per heavy atom. The summed E-state index contributed by atoms with van der Waals surface area (Å²) in [6.07, 6.45) is 1.91. The maximum atomic E-state index is 12.6. The molecule has 9 rings (SSSR count). The predicted molar refractivity (Wildman–Crippen MR) is 257 cm³/mol. The van der Waals surface area contributed by atoms with Gasteiger partial charge in [0.2, 0.25) is 0 Å². The van der Waals surface area contributed by atoms with E-state index in [-0.39, 0.29) is 22.5 Å². The Morgan fingerprint density at radius 2 is 1.15 bits per heavy atom. The average molecular weight is 796 g/mol. The van der Waals surface area contributed by atoms with E-state index in [9.17, 15) is 5.11 Å². The summed E-state index contributed by atoms with van der Waals surface area (Å²) in [7, 11) is 0. The van der Waals surface area contributed by atoms with Crippen LogP contribution in [0.1, 0.15) is 78.0 Å². The minimum atomic E-state index is -0.331. The first-order chi connectivity index (χ1) is 29.3. The molecule has 0 atom stereocenters. The van der Waals surface area contributed by atoms with Crippen molar-refractivity contribution in [3.05, 3.63) is 181 Å². The molecule has 2 heterocycles. The highest BCUT2D eigenvalue weighted by Gasteiger charge is 2.30. The van der Waals surface area contributed by atoms with Gasteiger partial charge in [-0.25, -0.2) is 4.98 Å². The molecule has 0 spiro atoms. The molecule has 0 bridgehead atoms. The van der Waals surface area contributed by atoms with Crippen LogP contribution in [-0.2, 0) is 10.8 Å². The summed E-state index contributed by atoms with van der Waals surface area (Å²) in [5.41, 5.74) is 14.7. The van der Waals surface area contributed by atoms with E-state index in [1.54, 1.807) is 0 Å². The van der Waals surface area contributed by atoms with Crippen molar-refractivity contribution in [3.63, 3.8) is 0 Å². The molecule has 2 aromatic heterocycles. The number of pyridine rings is 1. The first-order valence-electron chi connectivity index (χ1n) is 21.4. The number of hydrogen-bond acceptors (Lipinski definition) is 3. The van der Waals surface area contributed by atoms with Crippen LogP contribution in [0.3, 0.4) is 0 Å². The minimum Gasteiger partial charge on any atom is -0.507 e. The van der Waals surface area contributed by atoms with Crippen molar-refractivity contribution in [1.29, 1.82) is 0 Å². The molecular formula is C57H53N3O. The molecule has 4 heteroatoms. The van der Waals surface area contributed by atoms with Crippen molar-refractivity contribution in [3.8, 4) is 67.5 Å². The molecule has 0 amide bonds. The van der Waals surface area contributed by atoms with Gasteiger partial charge in [-0.05, 0) is 80.3 Å². The zero-order valence-corrected chi connectivity index (χ0v) is 36.5. The number of nitrogens with zero attached hydrogens (tertiary/aromatic N) is 3. The van der Waals surface area contributed by atoms with Gasteiger partial charge in [-0.3, -0.25) is 9.55 Å². The maximum Gasteiger partial charge on any atom is 0.149 e. The number of fused-ring (bicyclic) bond motifs is 2. The van der Waals surface area contributed by atoms with Crippen molar-refractivity contribution < 1.29 is 5.11 Å². The van der Waals surface area contributed by atoms with E-state index in [0.717, 1.165) is 83.3 Å². The van der Waals surface area contributed by atoms with Gasteiger partial charge < -0.3 is 5.11 Å². The van der Waals surface area contributed by atoms with Crippen LogP contribution in [0.4, 0.5) is 0 Å². The van der Waals surface area contributed by atoms with E-state index in [4.69, 9.17) is 9.97 Å². The minimum absolute atomic E-state index is 0.190. The summed E-state index contributed by atoms with van der Waals surface area (Å²) in [5.74, 6) is 1.22. The number of rotatable bonds is 7. The molecule has 0 aliphatic heterocycles. The van der Waals surface area contributed by atoms with Gasteiger partial charge in [0.1, 0.15) is 11.6 Å². The second kappa shape index (κ2) is 15.4. The van der Waals surface area contributed by atoms with Crippen molar-refractivity contribution >= 4 is 21.8 Å². The van der Waals surface area contributed by atoms with Crippen LogP contribution in [0.2, 0.25) is 0 Å². The quantitative estimate of drug-likeness (QED) is 0.175. The number of phenolic OH excluding ortho intramolecular Hbond substituents is 1. The molecule has 61 heavy (non-hydrogen) atoms. The third kappa shape index (κ3) is 7.31. The van der Waals surface area contributed by atoms with Crippen LogP contribution < -0.4 is 0 Å². The molecule has 9 aromatic rings. The monoisotopic (exact) mass is 795 g/mol. The van der Waals surface area contributed by atoms with Crippen LogP contribution in [0.5, 0.6) is 5.75 Å². The number of benzene rings is 7. The Balaban J connectivity index is 1.43. The maximum absolute atomic E-state index is 12.6. The molecule has 302 valence electrons.